The third kappa shape index (κ3) is 45.4. The number of phosphoric ester groups is 1. The summed E-state index contributed by atoms with van der Waals surface area (Å²) in [5.74, 6) is -1.79. The maximum Gasteiger partial charge on any atom is 0.472 e. The summed E-state index contributed by atoms with van der Waals surface area (Å²) >= 11 is 0. The minimum atomic E-state index is -4.63. The molecule has 4 N–H and O–H groups in total. The average molecular weight is 892 g/mol. The maximum atomic E-state index is 12.7. The molecule has 0 saturated carbocycles. The molecular formula is C51H90NO9P. The highest BCUT2D eigenvalue weighted by Gasteiger charge is 2.27. The van der Waals surface area contributed by atoms with E-state index in [1.165, 1.54) is 89.9 Å². The third-order valence-corrected chi connectivity index (χ3v) is 11.2. The number of carboxylic acid groups (broad SMARTS) is 1. The van der Waals surface area contributed by atoms with Gasteiger partial charge < -0.3 is 25.2 Å². The van der Waals surface area contributed by atoms with Crippen molar-refractivity contribution in [1.82, 2.24) is 0 Å². The molecule has 3 unspecified atom stereocenters. The number of nitrogens with two attached hydrogens (primary N) is 1. The van der Waals surface area contributed by atoms with Crippen LogP contribution in [0.5, 0.6) is 0 Å². The molecule has 0 amide bonds. The van der Waals surface area contributed by atoms with Gasteiger partial charge in [0.1, 0.15) is 12.1 Å². The van der Waals surface area contributed by atoms with E-state index in [0.717, 1.165) is 83.5 Å². The Morgan fingerprint density at radius 1 is 0.532 bits per heavy atom. The van der Waals surface area contributed by atoms with Gasteiger partial charge in [-0.3, -0.25) is 18.6 Å². The van der Waals surface area contributed by atoms with Crippen molar-refractivity contribution in [3.8, 4) is 0 Å². The van der Waals surface area contributed by atoms with Gasteiger partial charge in [0.05, 0.1) is 19.8 Å². The fourth-order valence-corrected chi connectivity index (χ4v) is 7.23. The molecule has 0 aromatic heterocycles. The van der Waals surface area contributed by atoms with Crippen molar-refractivity contribution in [2.45, 2.75) is 212 Å². The number of aliphatic carboxylic acids is 1. The van der Waals surface area contributed by atoms with Crippen molar-refractivity contribution in [3.63, 3.8) is 0 Å². The van der Waals surface area contributed by atoms with E-state index in [0.29, 0.717) is 13.0 Å². The number of carboxylic acids is 1. The Morgan fingerprint density at radius 3 is 1.40 bits per heavy atom. The largest absolute Gasteiger partial charge is 0.480 e. The van der Waals surface area contributed by atoms with Gasteiger partial charge in [0.25, 0.3) is 0 Å². The SMILES string of the molecule is CC/C=C\C/C=C\C/C=C\C/C=C\CCCCCCCCCCCCC(=O)OC(COCCCCCCCC/C=C\C/C=C\CCCCCC)COP(=O)(O)OCC(N)C(=O)O. The molecule has 0 aromatic carbocycles. The summed E-state index contributed by atoms with van der Waals surface area (Å²) < 4.78 is 33.5. The van der Waals surface area contributed by atoms with Gasteiger partial charge in [-0.1, -0.05) is 183 Å². The Bertz CT molecular complexity index is 1260. The fourth-order valence-electron chi connectivity index (χ4n) is 6.45. The standard InChI is InChI=1S/C51H90NO9P/c1-3-5-7-9-11-13-15-17-19-21-22-23-24-25-26-27-29-31-33-35-37-39-41-43-50(53)61-48(46-59-62(56,57)60-47-49(52)51(54)55)45-58-44-42-40-38-36-34-32-30-28-20-18-16-14-12-10-8-6-4-2/h5,7,11,13-14,16-17,19-20,22-23,28,48-49H,3-4,6,8-10,12,15,18,21,24-27,29-47,52H2,1-2H3,(H,54,55)(H,56,57)/b7-5-,13-11-,16-14-,19-17-,23-22-,28-20-. The van der Waals surface area contributed by atoms with E-state index >= 15 is 0 Å². The molecule has 0 aliphatic rings. The van der Waals surface area contributed by atoms with E-state index in [9.17, 15) is 19.0 Å². The van der Waals surface area contributed by atoms with Crippen LogP contribution in [0.2, 0.25) is 0 Å². The Morgan fingerprint density at radius 2 is 0.935 bits per heavy atom. The smallest absolute Gasteiger partial charge is 0.472 e. The fraction of sp³-hybridized carbons (Fsp3) is 0.725. The van der Waals surface area contributed by atoms with Gasteiger partial charge in [-0.2, -0.15) is 0 Å². The van der Waals surface area contributed by atoms with Gasteiger partial charge in [-0.25, -0.2) is 4.57 Å². The number of phosphoric acid groups is 1. The molecule has 11 heteroatoms. The van der Waals surface area contributed by atoms with Gasteiger partial charge in [0.2, 0.25) is 0 Å². The van der Waals surface area contributed by atoms with E-state index in [2.05, 4.69) is 86.8 Å². The molecule has 0 heterocycles. The lowest BCUT2D eigenvalue weighted by atomic mass is 10.0. The van der Waals surface area contributed by atoms with Gasteiger partial charge in [0, 0.05) is 13.0 Å². The molecular weight excluding hydrogens is 802 g/mol. The minimum absolute atomic E-state index is 0.00515. The molecule has 0 aromatic rings. The van der Waals surface area contributed by atoms with Crippen LogP contribution in [0.4, 0.5) is 0 Å². The van der Waals surface area contributed by atoms with Gasteiger partial charge in [-0.05, 0) is 83.5 Å². The Hall–Kier alpha value is -2.59. The topological polar surface area (TPSA) is 155 Å². The summed E-state index contributed by atoms with van der Waals surface area (Å²) in [5.41, 5.74) is 5.37. The first-order chi connectivity index (χ1) is 30.2. The third-order valence-electron chi connectivity index (χ3n) is 10.2. The second-order valence-corrected chi connectivity index (χ2v) is 17.7. The number of esters is 1. The van der Waals surface area contributed by atoms with Crippen LogP contribution in [-0.4, -0.2) is 60.5 Å². The molecule has 0 radical (unpaired) electrons. The van der Waals surface area contributed by atoms with Crippen LogP contribution in [0.1, 0.15) is 200 Å². The normalized spacial score (nSPS) is 14.4. The molecule has 3 atom stereocenters. The Kier molecular flexibility index (Phi) is 44.5. The second kappa shape index (κ2) is 46.4. The minimum Gasteiger partial charge on any atom is -0.480 e. The van der Waals surface area contributed by atoms with E-state index < -0.39 is 45.1 Å². The number of unbranched alkanes of at least 4 members (excludes halogenated alkanes) is 20. The van der Waals surface area contributed by atoms with Gasteiger partial charge >= 0.3 is 19.8 Å². The van der Waals surface area contributed by atoms with Crippen LogP contribution in [0.25, 0.3) is 0 Å². The van der Waals surface area contributed by atoms with Crippen LogP contribution >= 0.6 is 7.82 Å². The van der Waals surface area contributed by atoms with E-state index in [-0.39, 0.29) is 13.0 Å². The average Bonchev–Trinajstić information content (AvgIpc) is 3.25. The van der Waals surface area contributed by atoms with E-state index in [1.54, 1.807) is 0 Å². The van der Waals surface area contributed by atoms with Crippen LogP contribution < -0.4 is 5.73 Å². The highest BCUT2D eigenvalue weighted by molar-refractivity contribution is 7.47. The van der Waals surface area contributed by atoms with Crippen LogP contribution in [-0.2, 0) is 32.7 Å². The first kappa shape index (κ1) is 59.4. The number of hydrogen-bond acceptors (Lipinski definition) is 8. The van der Waals surface area contributed by atoms with Crippen molar-refractivity contribution in [1.29, 1.82) is 0 Å². The van der Waals surface area contributed by atoms with E-state index in [4.69, 9.17) is 29.4 Å². The zero-order valence-corrected chi connectivity index (χ0v) is 40.1. The first-order valence-electron chi connectivity index (χ1n) is 24.5. The van der Waals surface area contributed by atoms with E-state index in [1.807, 2.05) is 0 Å². The van der Waals surface area contributed by atoms with Crippen molar-refractivity contribution >= 4 is 19.8 Å². The number of carbonyl (C=O) groups is 2. The van der Waals surface area contributed by atoms with Crippen molar-refractivity contribution in [3.05, 3.63) is 72.9 Å². The van der Waals surface area contributed by atoms with Crippen molar-refractivity contribution in [2.75, 3.05) is 26.4 Å². The summed E-state index contributed by atoms with van der Waals surface area (Å²) in [7, 11) is -4.63. The molecule has 0 aliphatic carbocycles. The predicted octanol–water partition coefficient (Wildman–Crippen LogP) is 14.2. The lowest BCUT2D eigenvalue weighted by Crippen LogP contribution is -2.34. The van der Waals surface area contributed by atoms with Gasteiger partial charge in [-0.15, -0.1) is 0 Å². The first-order valence-corrected chi connectivity index (χ1v) is 26.0. The molecule has 0 saturated heterocycles. The summed E-state index contributed by atoms with van der Waals surface area (Å²) in [5, 5.41) is 8.92. The molecule has 358 valence electrons. The highest BCUT2D eigenvalue weighted by Crippen LogP contribution is 2.43. The Balaban J connectivity index is 4.19. The zero-order valence-electron chi connectivity index (χ0n) is 39.2. The quantitative estimate of drug-likeness (QED) is 0.0233. The summed E-state index contributed by atoms with van der Waals surface area (Å²) in [6.07, 6.45) is 58.1. The predicted molar refractivity (Wildman–Crippen MR) is 258 cm³/mol. The van der Waals surface area contributed by atoms with Crippen molar-refractivity contribution < 1.29 is 42.7 Å². The summed E-state index contributed by atoms with van der Waals surface area (Å²) in [4.78, 5) is 33.7. The highest BCUT2D eigenvalue weighted by atomic mass is 31.2. The second-order valence-electron chi connectivity index (χ2n) is 16.2. The van der Waals surface area contributed by atoms with Crippen molar-refractivity contribution in [2.24, 2.45) is 5.73 Å². The lowest BCUT2D eigenvalue weighted by molar-refractivity contribution is -0.154. The maximum absolute atomic E-state index is 12.7. The van der Waals surface area contributed by atoms with Crippen LogP contribution in [0.3, 0.4) is 0 Å². The number of ether oxygens (including phenoxy) is 2. The summed E-state index contributed by atoms with van der Waals surface area (Å²) in [6.45, 7) is 3.73. The molecule has 0 aliphatic heterocycles. The number of allylic oxidation sites excluding steroid dienone is 12. The number of rotatable bonds is 46. The number of carbonyl (C=O) groups excluding carboxylic acids is 1. The summed E-state index contributed by atoms with van der Waals surface area (Å²) in [6, 6.07) is -1.48. The Labute approximate surface area is 378 Å². The molecule has 10 nitrogen and oxygen atoms in total. The zero-order chi connectivity index (χ0) is 45.5. The molecule has 0 fully saturated rings. The lowest BCUT2D eigenvalue weighted by Gasteiger charge is -2.20. The molecule has 62 heavy (non-hydrogen) atoms. The number of hydrogen-bond donors (Lipinski definition) is 3. The molecule has 0 rings (SSSR count). The van der Waals surface area contributed by atoms with Crippen LogP contribution in [0, 0.1) is 0 Å². The molecule has 0 bridgehead atoms. The monoisotopic (exact) mass is 892 g/mol. The molecule has 0 spiro atoms. The van der Waals surface area contributed by atoms with Gasteiger partial charge in [0.15, 0.2) is 0 Å². The van der Waals surface area contributed by atoms with Crippen LogP contribution in [0.15, 0.2) is 72.9 Å².